The fraction of sp³-hybridized carbons (Fsp3) is 0.423. The number of nitrogens with one attached hydrogen (secondary N) is 1. The first-order chi connectivity index (χ1) is 17.3. The number of carbonyl (C=O) groups excluding carboxylic acids is 2. The van der Waals surface area contributed by atoms with E-state index in [-0.39, 0.29) is 35.6 Å². The maximum absolute atomic E-state index is 12.9. The Kier molecular flexibility index (Phi) is 9.38. The van der Waals surface area contributed by atoms with Gasteiger partial charge in [0, 0.05) is 56.0 Å². The molecule has 1 fully saturated rings. The minimum Gasteiger partial charge on any atom is -0.508 e. The van der Waals surface area contributed by atoms with Gasteiger partial charge in [0.05, 0.1) is 17.1 Å². The Bertz CT molecular complexity index is 1120. The lowest BCUT2D eigenvalue weighted by Gasteiger charge is -2.36. The molecule has 1 atom stereocenters. The summed E-state index contributed by atoms with van der Waals surface area (Å²) in [5, 5.41) is 25.2. The monoisotopic (exact) mass is 495 g/mol. The summed E-state index contributed by atoms with van der Waals surface area (Å²) in [5.74, 6) is -0.232. The summed E-state index contributed by atoms with van der Waals surface area (Å²) in [7, 11) is 0. The number of benzene rings is 2. The number of anilines is 1. The van der Waals surface area contributed by atoms with Crippen molar-refractivity contribution in [2.45, 2.75) is 39.5 Å². The van der Waals surface area contributed by atoms with Gasteiger partial charge in [0.2, 0.25) is 11.8 Å². The molecular formula is C26H33N5O5. The Morgan fingerprint density at radius 3 is 2.69 bits per heavy atom. The number of nitro groups is 1. The third-order valence-corrected chi connectivity index (χ3v) is 6.41. The van der Waals surface area contributed by atoms with Crippen LogP contribution in [-0.4, -0.2) is 59.1 Å². The number of aromatic hydroxyl groups is 1. The number of nitro benzene ring substituents is 1. The van der Waals surface area contributed by atoms with Crippen molar-refractivity contribution in [2.24, 2.45) is 11.0 Å². The fourth-order valence-electron chi connectivity index (χ4n) is 4.44. The van der Waals surface area contributed by atoms with E-state index in [2.05, 4.69) is 15.4 Å². The number of para-hydroxylation sites is 1. The van der Waals surface area contributed by atoms with Crippen LogP contribution >= 0.6 is 0 Å². The first-order valence-corrected chi connectivity index (χ1v) is 12.2. The molecule has 2 aromatic rings. The Hall–Kier alpha value is -3.95. The van der Waals surface area contributed by atoms with Gasteiger partial charge in [-0.2, -0.15) is 5.10 Å². The van der Waals surface area contributed by atoms with Crippen molar-refractivity contribution in [2.75, 3.05) is 31.1 Å². The number of carbonyl (C=O) groups is 2. The van der Waals surface area contributed by atoms with E-state index in [0.29, 0.717) is 43.7 Å². The molecule has 0 saturated carbocycles. The molecule has 3 rings (SSSR count). The highest BCUT2D eigenvalue weighted by atomic mass is 16.6. The van der Waals surface area contributed by atoms with Crippen molar-refractivity contribution >= 4 is 29.4 Å². The SMILES string of the molecule is CCN(CC)C(=O)[C@H]1CCCN(c2ccc([N+](=O)[O-])cc2C=NNC(=O)CCc2ccccc2O)C1. The van der Waals surface area contributed by atoms with Gasteiger partial charge >= 0.3 is 0 Å². The van der Waals surface area contributed by atoms with Gasteiger partial charge in [-0.15, -0.1) is 0 Å². The van der Waals surface area contributed by atoms with Crippen LogP contribution in [0.2, 0.25) is 0 Å². The Labute approximate surface area is 210 Å². The van der Waals surface area contributed by atoms with E-state index in [9.17, 15) is 24.8 Å². The van der Waals surface area contributed by atoms with Crippen LogP contribution in [0.3, 0.4) is 0 Å². The summed E-state index contributed by atoms with van der Waals surface area (Å²) < 4.78 is 0. The number of hydrogen-bond donors (Lipinski definition) is 2. The van der Waals surface area contributed by atoms with Crippen molar-refractivity contribution in [3.63, 3.8) is 0 Å². The lowest BCUT2D eigenvalue weighted by molar-refractivity contribution is -0.384. The maximum atomic E-state index is 12.9. The molecule has 36 heavy (non-hydrogen) atoms. The van der Waals surface area contributed by atoms with Gasteiger partial charge in [0.1, 0.15) is 5.75 Å². The van der Waals surface area contributed by atoms with Crippen LogP contribution in [0, 0.1) is 16.0 Å². The number of piperidine rings is 1. The number of non-ortho nitro benzene ring substituents is 1. The van der Waals surface area contributed by atoms with Gasteiger partial charge in [-0.05, 0) is 50.8 Å². The summed E-state index contributed by atoms with van der Waals surface area (Å²) in [6.07, 6.45) is 3.50. The standard InChI is InChI=1S/C26H33N5O5/c1-3-29(4-2)26(34)20-9-7-15-30(18-20)23-13-12-22(31(35)36)16-21(23)17-27-28-25(33)14-11-19-8-5-6-10-24(19)32/h5-6,8,10,12-13,16-17,20,32H,3-4,7,9,11,14-15,18H2,1-2H3,(H,28,33)/t20-/m0/s1. The Morgan fingerprint density at radius 2 is 2.00 bits per heavy atom. The molecule has 0 unspecified atom stereocenters. The minimum absolute atomic E-state index is 0.0844. The number of hydrazone groups is 1. The molecule has 10 nitrogen and oxygen atoms in total. The average molecular weight is 496 g/mol. The number of aryl methyl sites for hydroxylation is 1. The number of phenols is 1. The molecule has 0 aromatic heterocycles. The Balaban J connectivity index is 1.72. The highest BCUT2D eigenvalue weighted by Gasteiger charge is 2.29. The van der Waals surface area contributed by atoms with Crippen molar-refractivity contribution in [3.8, 4) is 5.75 Å². The molecule has 0 aliphatic carbocycles. The third kappa shape index (κ3) is 6.80. The van der Waals surface area contributed by atoms with Crippen LogP contribution in [0.4, 0.5) is 11.4 Å². The fourth-order valence-corrected chi connectivity index (χ4v) is 4.44. The summed E-state index contributed by atoms with van der Waals surface area (Å²) in [4.78, 5) is 39.9. The first-order valence-electron chi connectivity index (χ1n) is 12.2. The largest absolute Gasteiger partial charge is 0.508 e. The van der Waals surface area contributed by atoms with Gasteiger partial charge in [0.15, 0.2) is 0 Å². The molecule has 2 N–H and O–H groups in total. The van der Waals surface area contributed by atoms with Crippen LogP contribution in [-0.2, 0) is 16.0 Å². The summed E-state index contributed by atoms with van der Waals surface area (Å²) in [6, 6.07) is 11.3. The van der Waals surface area contributed by atoms with Crippen LogP contribution < -0.4 is 10.3 Å². The van der Waals surface area contributed by atoms with Gasteiger partial charge in [0.25, 0.3) is 5.69 Å². The summed E-state index contributed by atoms with van der Waals surface area (Å²) in [6.45, 7) is 6.47. The second-order valence-electron chi connectivity index (χ2n) is 8.72. The van der Waals surface area contributed by atoms with E-state index in [1.54, 1.807) is 30.3 Å². The molecule has 0 bridgehead atoms. The maximum Gasteiger partial charge on any atom is 0.270 e. The van der Waals surface area contributed by atoms with E-state index in [4.69, 9.17) is 0 Å². The van der Waals surface area contributed by atoms with E-state index in [1.165, 1.54) is 18.3 Å². The van der Waals surface area contributed by atoms with E-state index < -0.39 is 4.92 Å². The van der Waals surface area contributed by atoms with Crippen LogP contribution in [0.25, 0.3) is 0 Å². The van der Waals surface area contributed by atoms with E-state index in [0.717, 1.165) is 18.5 Å². The van der Waals surface area contributed by atoms with Crippen molar-refractivity contribution < 1.29 is 19.6 Å². The second-order valence-corrected chi connectivity index (χ2v) is 8.72. The van der Waals surface area contributed by atoms with Gasteiger partial charge in [-0.25, -0.2) is 5.43 Å². The third-order valence-electron chi connectivity index (χ3n) is 6.41. The first kappa shape index (κ1) is 26.7. The normalized spacial score (nSPS) is 15.6. The van der Waals surface area contributed by atoms with Crippen molar-refractivity contribution in [1.82, 2.24) is 10.3 Å². The molecular weight excluding hydrogens is 462 g/mol. The average Bonchev–Trinajstić information content (AvgIpc) is 2.89. The smallest absolute Gasteiger partial charge is 0.270 e. The van der Waals surface area contributed by atoms with Crippen LogP contribution in [0.15, 0.2) is 47.6 Å². The number of rotatable bonds is 10. The zero-order valence-electron chi connectivity index (χ0n) is 20.7. The summed E-state index contributed by atoms with van der Waals surface area (Å²) in [5.41, 5.74) is 4.25. The zero-order valence-corrected chi connectivity index (χ0v) is 20.7. The van der Waals surface area contributed by atoms with Crippen LogP contribution in [0.1, 0.15) is 44.2 Å². The second kappa shape index (κ2) is 12.7. The molecule has 2 aromatic carbocycles. The molecule has 1 aliphatic heterocycles. The molecule has 2 amide bonds. The molecule has 10 heteroatoms. The number of amides is 2. The topological polar surface area (TPSA) is 128 Å². The van der Waals surface area contributed by atoms with Crippen molar-refractivity contribution in [3.05, 3.63) is 63.7 Å². The molecule has 192 valence electrons. The quantitative estimate of drug-likeness (QED) is 0.295. The zero-order chi connectivity index (χ0) is 26.1. The number of nitrogens with zero attached hydrogens (tertiary/aromatic N) is 4. The lowest BCUT2D eigenvalue weighted by Crippen LogP contribution is -2.45. The highest BCUT2D eigenvalue weighted by molar-refractivity contribution is 5.90. The summed E-state index contributed by atoms with van der Waals surface area (Å²) >= 11 is 0. The number of hydrogen-bond acceptors (Lipinski definition) is 7. The number of phenolic OH excluding ortho intramolecular Hbond substituents is 1. The predicted molar refractivity (Wildman–Crippen MR) is 138 cm³/mol. The minimum atomic E-state index is -0.477. The van der Waals surface area contributed by atoms with Gasteiger partial charge in [-0.1, -0.05) is 18.2 Å². The van der Waals surface area contributed by atoms with Crippen LogP contribution in [0.5, 0.6) is 5.75 Å². The molecule has 0 radical (unpaired) electrons. The van der Waals surface area contributed by atoms with Gasteiger partial charge in [-0.3, -0.25) is 19.7 Å². The Morgan fingerprint density at radius 1 is 1.25 bits per heavy atom. The van der Waals surface area contributed by atoms with Crippen molar-refractivity contribution in [1.29, 1.82) is 0 Å². The molecule has 1 heterocycles. The highest BCUT2D eigenvalue weighted by Crippen LogP contribution is 2.29. The van der Waals surface area contributed by atoms with E-state index in [1.807, 2.05) is 18.7 Å². The molecule has 1 aliphatic rings. The predicted octanol–water partition coefficient (Wildman–Crippen LogP) is 3.47. The van der Waals surface area contributed by atoms with E-state index >= 15 is 0 Å². The molecule has 1 saturated heterocycles. The lowest BCUT2D eigenvalue weighted by atomic mass is 9.95. The van der Waals surface area contributed by atoms with Gasteiger partial charge < -0.3 is 14.9 Å². The molecule has 0 spiro atoms.